The fourth-order valence-electron chi connectivity index (χ4n) is 3.58. The average Bonchev–Trinajstić information content (AvgIpc) is 2.82. The lowest BCUT2D eigenvalue weighted by Gasteiger charge is -2.18. The first-order valence-corrected chi connectivity index (χ1v) is 11.3. The van der Waals surface area contributed by atoms with Crippen molar-refractivity contribution in [3.63, 3.8) is 0 Å². The van der Waals surface area contributed by atoms with Crippen LogP contribution in [0.25, 0.3) is 0 Å². The molecule has 0 saturated heterocycles. The van der Waals surface area contributed by atoms with E-state index >= 15 is 0 Å². The summed E-state index contributed by atoms with van der Waals surface area (Å²) in [6, 6.07) is 9.78. The number of hydrogen-bond acceptors (Lipinski definition) is 8. The molecule has 4 rings (SSSR count). The van der Waals surface area contributed by atoms with Gasteiger partial charge in [-0.3, -0.25) is 4.79 Å². The summed E-state index contributed by atoms with van der Waals surface area (Å²) in [5.41, 5.74) is 4.50. The van der Waals surface area contributed by atoms with E-state index in [9.17, 15) is 4.79 Å². The van der Waals surface area contributed by atoms with Crippen molar-refractivity contribution >= 4 is 29.0 Å². The molecule has 0 spiro atoms. The molecule has 9 heteroatoms. The molecule has 0 saturated carbocycles. The van der Waals surface area contributed by atoms with E-state index in [4.69, 9.17) is 4.74 Å². The molecule has 1 aliphatic rings. The normalized spacial score (nSPS) is 12.6. The summed E-state index contributed by atoms with van der Waals surface area (Å²) in [5, 5.41) is 12.6. The standard InChI is InChI=1S/C25H29N7O2/c1-4-9-28-24(33)21-15-29-25(31-19-6-5-18-14-26-10-7-17(18)12-19)32-23(21)30-20-8-11-27-22(13-20)34-16(2)3/h4-6,8,11-13,15-16,26H,1,7,9-10,14H2,2-3H3,(H,28,33)(H2,27,29,30,31,32). The van der Waals surface area contributed by atoms with Gasteiger partial charge in [0, 0.05) is 42.9 Å². The fraction of sp³-hybridized carbons (Fsp3) is 0.280. The van der Waals surface area contributed by atoms with Gasteiger partial charge in [-0.25, -0.2) is 9.97 Å². The van der Waals surface area contributed by atoms with Crippen molar-refractivity contribution in [3.8, 4) is 5.88 Å². The summed E-state index contributed by atoms with van der Waals surface area (Å²) in [7, 11) is 0. The van der Waals surface area contributed by atoms with Gasteiger partial charge in [0.25, 0.3) is 5.91 Å². The van der Waals surface area contributed by atoms with Crippen molar-refractivity contribution in [2.75, 3.05) is 23.7 Å². The molecule has 4 N–H and O–H groups in total. The second-order valence-corrected chi connectivity index (χ2v) is 8.16. The van der Waals surface area contributed by atoms with E-state index in [-0.39, 0.29) is 12.0 Å². The molecular weight excluding hydrogens is 430 g/mol. The number of rotatable bonds is 9. The third kappa shape index (κ3) is 5.87. The third-order valence-corrected chi connectivity index (χ3v) is 5.14. The Morgan fingerprint density at radius 2 is 2.03 bits per heavy atom. The highest BCUT2D eigenvalue weighted by molar-refractivity contribution is 5.99. The maximum absolute atomic E-state index is 12.7. The van der Waals surface area contributed by atoms with Crippen LogP contribution in [0.2, 0.25) is 0 Å². The smallest absolute Gasteiger partial charge is 0.256 e. The lowest BCUT2D eigenvalue weighted by molar-refractivity contribution is 0.0958. The molecule has 1 aromatic carbocycles. The van der Waals surface area contributed by atoms with Crippen LogP contribution in [0, 0.1) is 0 Å². The number of ether oxygens (including phenoxy) is 1. The molecule has 3 heterocycles. The first-order chi connectivity index (χ1) is 16.5. The molecule has 176 valence electrons. The molecule has 1 aliphatic heterocycles. The van der Waals surface area contributed by atoms with E-state index in [1.165, 1.54) is 17.3 Å². The van der Waals surface area contributed by atoms with E-state index in [0.29, 0.717) is 35.4 Å². The number of nitrogens with one attached hydrogen (secondary N) is 4. The van der Waals surface area contributed by atoms with Crippen LogP contribution < -0.4 is 26.0 Å². The minimum absolute atomic E-state index is 0.00903. The van der Waals surface area contributed by atoms with Crippen LogP contribution in [0.4, 0.5) is 23.1 Å². The van der Waals surface area contributed by atoms with Crippen molar-refractivity contribution in [2.24, 2.45) is 0 Å². The second kappa shape index (κ2) is 10.8. The van der Waals surface area contributed by atoms with E-state index in [1.54, 1.807) is 24.4 Å². The maximum Gasteiger partial charge on any atom is 0.256 e. The van der Waals surface area contributed by atoms with Crippen LogP contribution in [0.5, 0.6) is 5.88 Å². The predicted octanol–water partition coefficient (Wildman–Crippen LogP) is 3.71. The molecular formula is C25H29N7O2. The van der Waals surface area contributed by atoms with Crippen molar-refractivity contribution in [1.29, 1.82) is 0 Å². The van der Waals surface area contributed by atoms with Gasteiger partial charge in [0.05, 0.1) is 6.10 Å². The van der Waals surface area contributed by atoms with Gasteiger partial charge < -0.3 is 26.0 Å². The first-order valence-electron chi connectivity index (χ1n) is 11.3. The second-order valence-electron chi connectivity index (χ2n) is 8.16. The van der Waals surface area contributed by atoms with Crippen LogP contribution in [0.15, 0.2) is 55.4 Å². The monoisotopic (exact) mass is 459 g/mol. The van der Waals surface area contributed by atoms with Gasteiger partial charge in [-0.15, -0.1) is 6.58 Å². The molecule has 34 heavy (non-hydrogen) atoms. The Hall–Kier alpha value is -3.98. The molecule has 9 nitrogen and oxygen atoms in total. The molecule has 2 aromatic heterocycles. The maximum atomic E-state index is 12.7. The zero-order valence-corrected chi connectivity index (χ0v) is 19.4. The highest BCUT2D eigenvalue weighted by atomic mass is 16.5. The summed E-state index contributed by atoms with van der Waals surface area (Å²) in [6.45, 7) is 9.69. The Labute approximate surface area is 199 Å². The number of fused-ring (bicyclic) bond motifs is 1. The minimum atomic E-state index is -0.303. The Morgan fingerprint density at radius 1 is 1.18 bits per heavy atom. The van der Waals surface area contributed by atoms with E-state index in [0.717, 1.165) is 25.2 Å². The highest BCUT2D eigenvalue weighted by Crippen LogP contribution is 2.25. The Morgan fingerprint density at radius 3 is 2.85 bits per heavy atom. The quantitative estimate of drug-likeness (QED) is 0.358. The van der Waals surface area contributed by atoms with Crippen LogP contribution in [0.3, 0.4) is 0 Å². The number of anilines is 4. The summed E-state index contributed by atoms with van der Waals surface area (Å²) in [6.07, 6.45) is 5.73. The molecule has 0 unspecified atom stereocenters. The number of hydrogen-bond donors (Lipinski definition) is 4. The Bertz CT molecular complexity index is 1180. The Kier molecular flexibility index (Phi) is 7.34. The number of pyridine rings is 1. The molecule has 0 bridgehead atoms. The topological polar surface area (TPSA) is 113 Å². The number of aromatic nitrogens is 3. The lowest BCUT2D eigenvalue weighted by atomic mass is 10.0. The number of amides is 1. The van der Waals surface area contributed by atoms with Gasteiger partial charge in [0.2, 0.25) is 11.8 Å². The third-order valence-electron chi connectivity index (χ3n) is 5.14. The number of benzene rings is 1. The van der Waals surface area contributed by atoms with Crippen LogP contribution >= 0.6 is 0 Å². The minimum Gasteiger partial charge on any atom is -0.475 e. The number of carbonyl (C=O) groups excluding carboxylic acids is 1. The predicted molar refractivity (Wildman–Crippen MR) is 133 cm³/mol. The highest BCUT2D eigenvalue weighted by Gasteiger charge is 2.16. The van der Waals surface area contributed by atoms with Crippen molar-refractivity contribution in [2.45, 2.75) is 32.9 Å². The Balaban J connectivity index is 1.61. The first kappa shape index (κ1) is 23.2. The molecule has 1 amide bonds. The average molecular weight is 460 g/mol. The lowest BCUT2D eigenvalue weighted by Crippen LogP contribution is -2.25. The van der Waals surface area contributed by atoms with Crippen LogP contribution in [0.1, 0.15) is 35.3 Å². The fourth-order valence-corrected chi connectivity index (χ4v) is 3.58. The van der Waals surface area contributed by atoms with E-state index in [2.05, 4.69) is 54.9 Å². The van der Waals surface area contributed by atoms with Gasteiger partial charge in [-0.2, -0.15) is 4.98 Å². The zero-order valence-electron chi connectivity index (χ0n) is 19.4. The van der Waals surface area contributed by atoms with Gasteiger partial charge in [-0.05, 0) is 56.1 Å². The van der Waals surface area contributed by atoms with Gasteiger partial charge in [0.15, 0.2) is 0 Å². The largest absolute Gasteiger partial charge is 0.475 e. The zero-order chi connectivity index (χ0) is 23.9. The molecule has 0 aliphatic carbocycles. The van der Waals surface area contributed by atoms with Crippen LogP contribution in [-0.4, -0.2) is 40.1 Å². The number of nitrogens with zero attached hydrogens (tertiary/aromatic N) is 3. The number of carbonyl (C=O) groups is 1. The summed E-state index contributed by atoms with van der Waals surface area (Å²) < 4.78 is 5.68. The summed E-state index contributed by atoms with van der Waals surface area (Å²) in [4.78, 5) is 25.9. The van der Waals surface area contributed by atoms with Gasteiger partial charge in [0.1, 0.15) is 11.4 Å². The van der Waals surface area contributed by atoms with E-state index in [1.807, 2.05) is 19.9 Å². The molecule has 0 fully saturated rings. The molecule has 3 aromatic rings. The molecule has 0 radical (unpaired) electrons. The van der Waals surface area contributed by atoms with Crippen molar-refractivity contribution < 1.29 is 9.53 Å². The van der Waals surface area contributed by atoms with Crippen molar-refractivity contribution in [1.82, 2.24) is 25.6 Å². The summed E-state index contributed by atoms with van der Waals surface area (Å²) in [5.74, 6) is 0.920. The van der Waals surface area contributed by atoms with E-state index < -0.39 is 0 Å². The molecule has 0 atom stereocenters. The van der Waals surface area contributed by atoms with Gasteiger partial charge in [-0.1, -0.05) is 12.1 Å². The SMILES string of the molecule is C=CCNC(=O)c1cnc(Nc2ccc3c(c2)CCNC3)nc1Nc1ccnc(OC(C)C)c1. The summed E-state index contributed by atoms with van der Waals surface area (Å²) >= 11 is 0. The van der Waals surface area contributed by atoms with Gasteiger partial charge >= 0.3 is 0 Å². The van der Waals surface area contributed by atoms with Crippen molar-refractivity contribution in [3.05, 3.63) is 72.1 Å². The van der Waals surface area contributed by atoms with Crippen LogP contribution in [-0.2, 0) is 13.0 Å².